The largest absolute Gasteiger partial charge is 0.465 e. The highest BCUT2D eigenvalue weighted by Gasteiger charge is 2.45. The minimum atomic E-state index is -0.517. The third kappa shape index (κ3) is 1.53. The van der Waals surface area contributed by atoms with Gasteiger partial charge in [-0.25, -0.2) is 0 Å². The van der Waals surface area contributed by atoms with Gasteiger partial charge in [-0.2, -0.15) is 0 Å². The van der Waals surface area contributed by atoms with Gasteiger partial charge < -0.3 is 9.84 Å². The molecule has 0 aromatic heterocycles. The molecule has 0 amide bonds. The highest BCUT2D eigenvalue weighted by Crippen LogP contribution is 2.32. The molecule has 2 bridgehead atoms. The molecule has 80 valence electrons. The maximum absolute atomic E-state index is 11.6. The maximum Gasteiger partial charge on any atom is 0.326 e. The lowest BCUT2D eigenvalue weighted by molar-refractivity contribution is -0.164. The SMILES string of the molecule is CCOC(=O)[C@H]1[C@@H](O)C2CCN1CC2. The van der Waals surface area contributed by atoms with Gasteiger partial charge in [-0.05, 0) is 38.8 Å². The first kappa shape index (κ1) is 9.93. The summed E-state index contributed by atoms with van der Waals surface area (Å²) in [5.41, 5.74) is 0. The predicted octanol–water partition coefficient (Wildman–Crippen LogP) is 0.00460. The van der Waals surface area contributed by atoms with Crippen LogP contribution in [0, 0.1) is 5.92 Å². The van der Waals surface area contributed by atoms with Crippen molar-refractivity contribution in [3.05, 3.63) is 0 Å². The van der Waals surface area contributed by atoms with Crippen LogP contribution in [0.4, 0.5) is 0 Å². The van der Waals surface area contributed by atoms with Crippen molar-refractivity contribution in [1.29, 1.82) is 0 Å². The van der Waals surface area contributed by atoms with E-state index in [0.29, 0.717) is 12.5 Å². The summed E-state index contributed by atoms with van der Waals surface area (Å²) in [5.74, 6) is 0.0406. The monoisotopic (exact) mass is 199 g/mol. The van der Waals surface area contributed by atoms with Gasteiger partial charge in [0.1, 0.15) is 6.04 Å². The van der Waals surface area contributed by atoms with Gasteiger partial charge in [-0.15, -0.1) is 0 Å². The Balaban J connectivity index is 2.06. The topological polar surface area (TPSA) is 49.8 Å². The number of carbonyl (C=O) groups excluding carboxylic acids is 1. The highest BCUT2D eigenvalue weighted by molar-refractivity contribution is 5.77. The van der Waals surface area contributed by atoms with E-state index in [4.69, 9.17) is 4.74 Å². The molecule has 0 radical (unpaired) electrons. The van der Waals surface area contributed by atoms with Gasteiger partial charge in [-0.3, -0.25) is 9.69 Å². The van der Waals surface area contributed by atoms with Crippen LogP contribution < -0.4 is 0 Å². The lowest BCUT2D eigenvalue weighted by Gasteiger charge is -2.47. The van der Waals surface area contributed by atoms with Crippen LogP contribution in [0.2, 0.25) is 0 Å². The molecule has 0 spiro atoms. The molecule has 4 nitrogen and oxygen atoms in total. The number of esters is 1. The zero-order valence-electron chi connectivity index (χ0n) is 8.48. The Kier molecular flexibility index (Phi) is 2.74. The molecule has 3 rings (SSSR count). The van der Waals surface area contributed by atoms with E-state index in [1.807, 2.05) is 4.90 Å². The number of fused-ring (bicyclic) bond motifs is 3. The van der Waals surface area contributed by atoms with Gasteiger partial charge >= 0.3 is 5.97 Å². The zero-order chi connectivity index (χ0) is 10.1. The quantitative estimate of drug-likeness (QED) is 0.636. The molecule has 14 heavy (non-hydrogen) atoms. The molecule has 3 saturated heterocycles. The van der Waals surface area contributed by atoms with Crippen molar-refractivity contribution in [2.75, 3.05) is 19.7 Å². The number of ether oxygens (including phenoxy) is 1. The Morgan fingerprint density at radius 1 is 1.50 bits per heavy atom. The van der Waals surface area contributed by atoms with Gasteiger partial charge in [-0.1, -0.05) is 0 Å². The average molecular weight is 199 g/mol. The lowest BCUT2D eigenvalue weighted by Crippen LogP contribution is -2.61. The summed E-state index contributed by atoms with van der Waals surface area (Å²) in [4.78, 5) is 13.6. The van der Waals surface area contributed by atoms with Gasteiger partial charge in [0.25, 0.3) is 0 Å². The van der Waals surface area contributed by atoms with Crippen LogP contribution in [0.1, 0.15) is 19.8 Å². The van der Waals surface area contributed by atoms with E-state index < -0.39 is 12.1 Å². The molecule has 2 atom stereocenters. The first-order valence-electron chi connectivity index (χ1n) is 5.32. The third-order valence-electron chi connectivity index (χ3n) is 3.30. The molecule has 0 aliphatic carbocycles. The summed E-state index contributed by atoms with van der Waals surface area (Å²) < 4.78 is 4.96. The predicted molar refractivity (Wildman–Crippen MR) is 50.7 cm³/mol. The van der Waals surface area contributed by atoms with Crippen LogP contribution in [-0.2, 0) is 9.53 Å². The number of carbonyl (C=O) groups is 1. The van der Waals surface area contributed by atoms with Crippen LogP contribution in [0.5, 0.6) is 0 Å². The Labute approximate surface area is 83.8 Å². The van der Waals surface area contributed by atoms with Crippen molar-refractivity contribution in [3.63, 3.8) is 0 Å². The number of hydrogen-bond acceptors (Lipinski definition) is 4. The van der Waals surface area contributed by atoms with Crippen molar-refractivity contribution >= 4 is 5.97 Å². The molecule has 3 aliphatic heterocycles. The summed E-state index contributed by atoms with van der Waals surface area (Å²) >= 11 is 0. The number of nitrogens with zero attached hydrogens (tertiary/aromatic N) is 1. The van der Waals surface area contributed by atoms with Crippen molar-refractivity contribution in [2.45, 2.75) is 31.9 Å². The Bertz CT molecular complexity index is 221. The Hall–Kier alpha value is -0.610. The van der Waals surface area contributed by atoms with Crippen molar-refractivity contribution in [3.8, 4) is 0 Å². The summed E-state index contributed by atoms with van der Waals surface area (Å²) in [6.45, 7) is 4.03. The Morgan fingerprint density at radius 2 is 2.14 bits per heavy atom. The normalized spacial score (nSPS) is 41.0. The molecule has 0 unspecified atom stereocenters. The van der Waals surface area contributed by atoms with E-state index in [-0.39, 0.29) is 5.97 Å². The fourth-order valence-corrected chi connectivity index (χ4v) is 2.53. The summed E-state index contributed by atoms with van der Waals surface area (Å²) in [7, 11) is 0. The second-order valence-corrected chi connectivity index (χ2v) is 4.06. The van der Waals surface area contributed by atoms with Crippen LogP contribution in [0.25, 0.3) is 0 Å². The minimum absolute atomic E-state index is 0.260. The Morgan fingerprint density at radius 3 is 2.64 bits per heavy atom. The van der Waals surface area contributed by atoms with Crippen molar-refractivity contribution in [1.82, 2.24) is 4.90 Å². The van der Waals surface area contributed by atoms with Crippen LogP contribution in [-0.4, -0.2) is 47.8 Å². The third-order valence-corrected chi connectivity index (χ3v) is 3.30. The fourth-order valence-electron chi connectivity index (χ4n) is 2.53. The molecule has 0 aromatic rings. The van der Waals surface area contributed by atoms with Crippen LogP contribution >= 0.6 is 0 Å². The minimum Gasteiger partial charge on any atom is -0.465 e. The summed E-state index contributed by atoms with van der Waals surface area (Å²) in [6.07, 6.45) is 1.50. The first-order valence-corrected chi connectivity index (χ1v) is 5.32. The van der Waals surface area contributed by atoms with Gasteiger partial charge in [0, 0.05) is 0 Å². The number of aliphatic hydroxyl groups excluding tert-OH is 1. The zero-order valence-corrected chi connectivity index (χ0v) is 8.48. The number of piperidine rings is 3. The van der Waals surface area contributed by atoms with E-state index in [1.54, 1.807) is 6.92 Å². The van der Waals surface area contributed by atoms with E-state index in [1.165, 1.54) is 0 Å². The van der Waals surface area contributed by atoms with Crippen LogP contribution in [0.15, 0.2) is 0 Å². The second-order valence-electron chi connectivity index (χ2n) is 4.06. The van der Waals surface area contributed by atoms with Crippen molar-refractivity contribution in [2.24, 2.45) is 5.92 Å². The molecule has 3 heterocycles. The standard InChI is InChI=1S/C10H17NO3/c1-2-14-10(13)8-9(12)7-3-5-11(8)6-4-7/h7-9,12H,2-6H2,1H3/t8-,9+/m1/s1. The smallest absolute Gasteiger partial charge is 0.326 e. The van der Waals surface area contributed by atoms with E-state index in [2.05, 4.69) is 0 Å². The van der Waals surface area contributed by atoms with E-state index in [0.717, 1.165) is 25.9 Å². The lowest BCUT2D eigenvalue weighted by atomic mass is 9.80. The molecule has 0 saturated carbocycles. The molecular weight excluding hydrogens is 182 g/mol. The van der Waals surface area contributed by atoms with E-state index in [9.17, 15) is 9.90 Å². The molecular formula is C10H17NO3. The number of aliphatic hydroxyl groups is 1. The van der Waals surface area contributed by atoms with Gasteiger partial charge in [0.15, 0.2) is 0 Å². The fraction of sp³-hybridized carbons (Fsp3) is 0.900. The molecule has 4 heteroatoms. The second kappa shape index (κ2) is 3.87. The number of hydrogen-bond donors (Lipinski definition) is 1. The maximum atomic E-state index is 11.6. The number of rotatable bonds is 2. The summed E-state index contributed by atoms with van der Waals surface area (Å²) in [5, 5.41) is 9.91. The average Bonchev–Trinajstić information content (AvgIpc) is 2.19. The van der Waals surface area contributed by atoms with E-state index >= 15 is 0 Å². The first-order chi connectivity index (χ1) is 6.74. The molecule has 3 aliphatic rings. The summed E-state index contributed by atoms with van der Waals surface area (Å²) in [6, 6.07) is -0.401. The van der Waals surface area contributed by atoms with Gasteiger partial charge in [0.05, 0.1) is 12.7 Å². The van der Waals surface area contributed by atoms with Crippen LogP contribution in [0.3, 0.4) is 0 Å². The van der Waals surface area contributed by atoms with Gasteiger partial charge in [0.2, 0.25) is 0 Å². The highest BCUT2D eigenvalue weighted by atomic mass is 16.5. The molecule has 0 aromatic carbocycles. The molecule has 1 N–H and O–H groups in total. The molecule has 3 fully saturated rings. The van der Waals surface area contributed by atoms with Crippen molar-refractivity contribution < 1.29 is 14.6 Å².